The smallest absolute Gasteiger partial charge is 0.325 e. The third-order valence-corrected chi connectivity index (χ3v) is 8.13. The number of nitrogens with zero attached hydrogens (tertiary/aromatic N) is 2. The molecule has 1 aliphatic rings. The lowest BCUT2D eigenvalue weighted by Gasteiger charge is -2.26. The number of methoxy groups -OCH3 is 3. The Bertz CT molecular complexity index is 1420. The number of benzene rings is 2. The van der Waals surface area contributed by atoms with Crippen molar-refractivity contribution in [1.82, 2.24) is 9.88 Å². The van der Waals surface area contributed by atoms with Crippen molar-refractivity contribution < 1.29 is 23.8 Å². The van der Waals surface area contributed by atoms with E-state index >= 15 is 0 Å². The molecule has 10 heteroatoms. The molecule has 0 radical (unpaired) electrons. The number of esters is 1. The highest BCUT2D eigenvalue weighted by atomic mass is 35.5. The van der Waals surface area contributed by atoms with E-state index < -0.39 is 11.5 Å². The number of thioether (sulfide) groups is 1. The summed E-state index contributed by atoms with van der Waals surface area (Å²) in [5, 5.41) is 4.84. The van der Waals surface area contributed by atoms with Crippen molar-refractivity contribution in [3.8, 4) is 11.5 Å². The molecule has 0 fully saturated rings. The summed E-state index contributed by atoms with van der Waals surface area (Å²) in [4.78, 5) is 30.8. The summed E-state index contributed by atoms with van der Waals surface area (Å²) in [5.41, 5.74) is 3.24. The highest BCUT2D eigenvalue weighted by molar-refractivity contribution is 8.14. The minimum Gasteiger partial charge on any atom is -0.496 e. The number of rotatable bonds is 7. The van der Waals surface area contributed by atoms with Crippen LogP contribution in [0.4, 0.5) is 0 Å². The van der Waals surface area contributed by atoms with Crippen LogP contribution in [0.1, 0.15) is 40.5 Å². The fourth-order valence-corrected chi connectivity index (χ4v) is 6.12. The molecule has 1 N–H and O–H groups in total. The van der Waals surface area contributed by atoms with Gasteiger partial charge in [0, 0.05) is 28.3 Å². The van der Waals surface area contributed by atoms with Crippen LogP contribution in [0.15, 0.2) is 35.3 Å². The molecule has 196 valence electrons. The zero-order valence-corrected chi connectivity index (χ0v) is 23.3. The van der Waals surface area contributed by atoms with Crippen LogP contribution in [0.3, 0.4) is 0 Å². The monoisotopic (exact) mass is 543 g/mol. The number of aryl methyl sites for hydroxylation is 2. The SMILES string of the molecule is CCC1(c2cc(OC)c(Cl)cc2OC)CSC(NC(=O)c2c(C)c3cc(C)ccc3n2CC(=O)OC)=N1. The predicted octanol–water partition coefficient (Wildman–Crippen LogP) is 5.24. The maximum absolute atomic E-state index is 13.6. The van der Waals surface area contributed by atoms with Crippen molar-refractivity contribution in [2.75, 3.05) is 27.1 Å². The summed E-state index contributed by atoms with van der Waals surface area (Å²) < 4.78 is 17.6. The van der Waals surface area contributed by atoms with Gasteiger partial charge in [0.1, 0.15) is 29.3 Å². The highest BCUT2D eigenvalue weighted by Gasteiger charge is 2.39. The van der Waals surface area contributed by atoms with E-state index in [1.807, 2.05) is 45.0 Å². The molecule has 1 aliphatic heterocycles. The number of aromatic nitrogens is 1. The number of amides is 1. The topological polar surface area (TPSA) is 91.2 Å². The van der Waals surface area contributed by atoms with Gasteiger partial charge >= 0.3 is 5.97 Å². The Hall–Kier alpha value is -3.17. The summed E-state index contributed by atoms with van der Waals surface area (Å²) in [5.74, 6) is 0.959. The standard InChI is InChI=1S/C27H30ClN3O5S/c1-7-27(18-11-22(35-5)19(28)12-21(18)34-4)14-37-26(30-27)29-25(33)24-16(3)17-10-15(2)8-9-20(17)31(24)13-23(32)36-6/h8-12H,7,13-14H2,1-6H3,(H,29,30,33). The van der Waals surface area contributed by atoms with E-state index in [0.29, 0.717) is 39.6 Å². The number of fused-ring (bicyclic) bond motifs is 1. The average Bonchev–Trinajstić information content (AvgIpc) is 3.42. The Kier molecular flexibility index (Phi) is 7.75. The largest absolute Gasteiger partial charge is 0.496 e. The van der Waals surface area contributed by atoms with Crippen LogP contribution in [0.2, 0.25) is 5.02 Å². The molecule has 2 heterocycles. The summed E-state index contributed by atoms with van der Waals surface area (Å²) >= 11 is 7.78. The normalized spacial score (nSPS) is 17.0. The van der Waals surface area contributed by atoms with E-state index in [1.165, 1.54) is 18.9 Å². The fourth-order valence-electron chi connectivity index (χ4n) is 4.69. The van der Waals surface area contributed by atoms with Gasteiger partial charge in [0.2, 0.25) is 0 Å². The number of aliphatic imine (C=N–C) groups is 1. The number of nitrogens with one attached hydrogen (secondary N) is 1. The van der Waals surface area contributed by atoms with Gasteiger partial charge in [-0.1, -0.05) is 41.9 Å². The first-order chi connectivity index (χ1) is 17.7. The first-order valence-electron chi connectivity index (χ1n) is 11.8. The van der Waals surface area contributed by atoms with E-state index in [1.54, 1.807) is 24.9 Å². The Morgan fingerprint density at radius 2 is 1.86 bits per heavy atom. The summed E-state index contributed by atoms with van der Waals surface area (Å²) in [6.07, 6.45) is 0.668. The zero-order chi connectivity index (χ0) is 26.9. The van der Waals surface area contributed by atoms with Crippen molar-refractivity contribution in [1.29, 1.82) is 0 Å². The van der Waals surface area contributed by atoms with Crippen LogP contribution < -0.4 is 14.8 Å². The third-order valence-electron chi connectivity index (χ3n) is 6.75. The van der Waals surface area contributed by atoms with Crippen molar-refractivity contribution in [3.05, 3.63) is 57.7 Å². The molecule has 0 bridgehead atoms. The molecule has 0 aliphatic carbocycles. The minimum atomic E-state index is -0.638. The van der Waals surface area contributed by atoms with Gasteiger partial charge < -0.3 is 18.8 Å². The molecular formula is C27H30ClN3O5S. The third kappa shape index (κ3) is 4.90. The number of hydrogen-bond acceptors (Lipinski definition) is 7. The zero-order valence-electron chi connectivity index (χ0n) is 21.7. The Balaban J connectivity index is 1.74. The van der Waals surface area contributed by atoms with Crippen molar-refractivity contribution in [2.24, 2.45) is 4.99 Å². The number of carbonyl (C=O) groups is 2. The summed E-state index contributed by atoms with van der Waals surface area (Å²) in [6, 6.07) is 9.46. The van der Waals surface area contributed by atoms with Crippen LogP contribution in [0.5, 0.6) is 11.5 Å². The average molecular weight is 544 g/mol. The number of ether oxygens (including phenoxy) is 3. The second-order valence-electron chi connectivity index (χ2n) is 8.89. The second-order valence-corrected chi connectivity index (χ2v) is 10.3. The molecule has 3 aromatic rings. The van der Waals surface area contributed by atoms with Crippen molar-refractivity contribution in [2.45, 2.75) is 39.3 Å². The minimum absolute atomic E-state index is 0.0764. The maximum Gasteiger partial charge on any atom is 0.325 e. The van der Waals surface area contributed by atoms with E-state index in [4.69, 9.17) is 30.8 Å². The van der Waals surface area contributed by atoms with Crippen LogP contribution in [0, 0.1) is 13.8 Å². The molecule has 4 rings (SSSR count). The Labute approximate surface area is 225 Å². The number of halogens is 1. The van der Waals surface area contributed by atoms with Gasteiger partial charge in [0.25, 0.3) is 5.91 Å². The molecule has 0 saturated heterocycles. The molecule has 37 heavy (non-hydrogen) atoms. The molecule has 2 aromatic carbocycles. The van der Waals surface area contributed by atoms with Gasteiger partial charge in [-0.2, -0.15) is 0 Å². The maximum atomic E-state index is 13.6. The lowest BCUT2D eigenvalue weighted by Crippen LogP contribution is -2.31. The number of carbonyl (C=O) groups excluding carboxylic acids is 2. The molecule has 1 atom stereocenters. The summed E-state index contributed by atoms with van der Waals surface area (Å²) in [7, 11) is 4.48. The van der Waals surface area contributed by atoms with Gasteiger partial charge in [0.05, 0.1) is 26.4 Å². The van der Waals surface area contributed by atoms with Gasteiger partial charge in [0.15, 0.2) is 5.17 Å². The van der Waals surface area contributed by atoms with Crippen molar-refractivity contribution >= 4 is 51.3 Å². The van der Waals surface area contributed by atoms with Gasteiger partial charge in [-0.3, -0.25) is 14.9 Å². The van der Waals surface area contributed by atoms with E-state index in [2.05, 4.69) is 5.32 Å². The molecule has 1 unspecified atom stereocenters. The van der Waals surface area contributed by atoms with Crippen LogP contribution in [-0.2, 0) is 21.6 Å². The molecule has 1 aromatic heterocycles. The fraction of sp³-hybridized carbons (Fsp3) is 0.370. The number of amidine groups is 1. The van der Waals surface area contributed by atoms with Gasteiger partial charge in [-0.05, 0) is 44.0 Å². The molecule has 0 saturated carbocycles. The molecule has 8 nitrogen and oxygen atoms in total. The Morgan fingerprint density at radius 3 is 2.51 bits per heavy atom. The van der Waals surface area contributed by atoms with Crippen LogP contribution in [-0.4, -0.2) is 48.7 Å². The first kappa shape index (κ1) is 26.9. The lowest BCUT2D eigenvalue weighted by molar-refractivity contribution is -0.141. The highest BCUT2D eigenvalue weighted by Crippen LogP contribution is 2.46. The van der Waals surface area contributed by atoms with Crippen LogP contribution in [0.25, 0.3) is 10.9 Å². The number of hydrogen-bond donors (Lipinski definition) is 1. The van der Waals surface area contributed by atoms with Gasteiger partial charge in [-0.25, -0.2) is 4.99 Å². The quantitative estimate of drug-likeness (QED) is 0.410. The van der Waals surface area contributed by atoms with E-state index in [0.717, 1.165) is 27.6 Å². The molecule has 0 spiro atoms. The molecular weight excluding hydrogens is 514 g/mol. The van der Waals surface area contributed by atoms with Crippen molar-refractivity contribution in [3.63, 3.8) is 0 Å². The van der Waals surface area contributed by atoms with Crippen LogP contribution >= 0.6 is 23.4 Å². The second kappa shape index (κ2) is 10.7. The van der Waals surface area contributed by atoms with E-state index in [9.17, 15) is 9.59 Å². The predicted molar refractivity (Wildman–Crippen MR) is 147 cm³/mol. The molecule has 1 amide bonds. The lowest BCUT2D eigenvalue weighted by atomic mass is 9.89. The van der Waals surface area contributed by atoms with Gasteiger partial charge in [-0.15, -0.1) is 0 Å². The Morgan fingerprint density at radius 1 is 1.14 bits per heavy atom. The summed E-state index contributed by atoms with van der Waals surface area (Å²) in [6.45, 7) is 5.84. The first-order valence-corrected chi connectivity index (χ1v) is 13.2. The van der Waals surface area contributed by atoms with E-state index in [-0.39, 0.29) is 12.5 Å².